The molecule has 0 aliphatic heterocycles. The Labute approximate surface area is 138 Å². The maximum atomic E-state index is 13.1. The molecular formula is C22H12O2. The third kappa shape index (κ3) is 1.65. The summed E-state index contributed by atoms with van der Waals surface area (Å²) in [6.45, 7) is 0. The standard InChI is InChI=1S/C22H12O2/c23-21-17-10-13-6-4-5-7-14(13)11-18(17)22(24)20-16-9-3-1-2-8-15(16)12-19(20)21/h1-12H. The number of carbonyl (C=O) groups excluding carboxylic acids is 2. The smallest absolute Gasteiger partial charge is 0.195 e. The van der Waals surface area contributed by atoms with Crippen molar-refractivity contribution in [3.63, 3.8) is 0 Å². The monoisotopic (exact) mass is 308 g/mol. The van der Waals surface area contributed by atoms with E-state index in [9.17, 15) is 9.59 Å². The molecule has 2 aromatic rings. The van der Waals surface area contributed by atoms with Crippen molar-refractivity contribution in [2.24, 2.45) is 0 Å². The number of hydrogen-bond acceptors (Lipinski definition) is 2. The maximum absolute atomic E-state index is 13.1. The van der Waals surface area contributed by atoms with Crippen LogP contribution in [0.5, 0.6) is 0 Å². The molecule has 0 radical (unpaired) electrons. The Morgan fingerprint density at radius 1 is 0.500 bits per heavy atom. The predicted molar refractivity (Wildman–Crippen MR) is 93.9 cm³/mol. The molecule has 0 fully saturated rings. The molecule has 0 unspecified atom stereocenters. The molecule has 2 aromatic carbocycles. The average molecular weight is 308 g/mol. The van der Waals surface area contributed by atoms with Crippen molar-refractivity contribution in [1.82, 2.24) is 0 Å². The third-order valence-corrected chi connectivity index (χ3v) is 4.76. The second-order valence-electron chi connectivity index (χ2n) is 6.12. The minimum atomic E-state index is -0.0655. The fourth-order valence-electron chi connectivity index (χ4n) is 3.61. The van der Waals surface area contributed by atoms with E-state index in [1.54, 1.807) is 0 Å². The van der Waals surface area contributed by atoms with Crippen LogP contribution in [0.3, 0.4) is 0 Å². The summed E-state index contributed by atoms with van der Waals surface area (Å²) in [6.07, 6.45) is 0. The van der Waals surface area contributed by atoms with Crippen molar-refractivity contribution in [3.05, 3.63) is 95.1 Å². The van der Waals surface area contributed by atoms with Crippen LogP contribution in [0, 0.1) is 0 Å². The van der Waals surface area contributed by atoms with Crippen LogP contribution in [0.1, 0.15) is 31.8 Å². The first-order chi connectivity index (χ1) is 11.7. The summed E-state index contributed by atoms with van der Waals surface area (Å²) in [5, 5.41) is 1.95. The molecule has 0 saturated heterocycles. The zero-order valence-electron chi connectivity index (χ0n) is 12.7. The van der Waals surface area contributed by atoms with Gasteiger partial charge in [0.15, 0.2) is 11.6 Å². The molecular weight excluding hydrogens is 296 g/mol. The van der Waals surface area contributed by atoms with E-state index in [0.717, 1.165) is 21.9 Å². The van der Waals surface area contributed by atoms with Crippen LogP contribution in [0.25, 0.3) is 21.9 Å². The van der Waals surface area contributed by atoms with E-state index in [1.807, 2.05) is 72.8 Å². The van der Waals surface area contributed by atoms with Gasteiger partial charge in [-0.3, -0.25) is 9.59 Å². The summed E-state index contributed by atoms with van der Waals surface area (Å²) in [5.74, 6) is -0.129. The Balaban J connectivity index is 1.86. The van der Waals surface area contributed by atoms with Gasteiger partial charge in [0, 0.05) is 22.3 Å². The van der Waals surface area contributed by atoms with Gasteiger partial charge in [-0.25, -0.2) is 0 Å². The normalized spacial score (nSPS) is 13.2. The number of benzene rings is 2. The van der Waals surface area contributed by atoms with E-state index >= 15 is 0 Å². The van der Waals surface area contributed by atoms with Gasteiger partial charge in [-0.1, -0.05) is 54.6 Å². The number of ketones is 2. The van der Waals surface area contributed by atoms with Gasteiger partial charge in [0.2, 0.25) is 0 Å². The fraction of sp³-hybridized carbons (Fsp3) is 0. The summed E-state index contributed by atoms with van der Waals surface area (Å²) < 4.78 is 0. The lowest BCUT2D eigenvalue weighted by Gasteiger charge is -2.16. The van der Waals surface area contributed by atoms with Crippen LogP contribution in [0.4, 0.5) is 0 Å². The summed E-state index contributed by atoms with van der Waals surface area (Å²) in [6, 6.07) is 22.9. The highest BCUT2D eigenvalue weighted by Gasteiger charge is 2.34. The molecule has 0 amide bonds. The third-order valence-electron chi connectivity index (χ3n) is 4.76. The quantitative estimate of drug-likeness (QED) is 0.415. The summed E-state index contributed by atoms with van der Waals surface area (Å²) in [4.78, 5) is 26.1. The highest BCUT2D eigenvalue weighted by molar-refractivity contribution is 6.32. The summed E-state index contributed by atoms with van der Waals surface area (Å²) in [5.41, 5.74) is 3.82. The largest absolute Gasteiger partial charge is 0.289 e. The van der Waals surface area contributed by atoms with Crippen LogP contribution in [0.15, 0.2) is 72.8 Å². The fourth-order valence-corrected chi connectivity index (χ4v) is 3.61. The van der Waals surface area contributed by atoms with Gasteiger partial charge >= 0.3 is 0 Å². The number of fused-ring (bicyclic) bond motifs is 5. The summed E-state index contributed by atoms with van der Waals surface area (Å²) in [7, 11) is 0. The zero-order chi connectivity index (χ0) is 16.3. The predicted octanol–water partition coefficient (Wildman–Crippen LogP) is 4.72. The van der Waals surface area contributed by atoms with E-state index in [0.29, 0.717) is 22.3 Å². The molecule has 0 saturated carbocycles. The Hall–Kier alpha value is -3.26. The molecule has 3 aliphatic carbocycles. The van der Waals surface area contributed by atoms with Gasteiger partial charge in [-0.05, 0) is 40.1 Å². The van der Waals surface area contributed by atoms with Crippen molar-refractivity contribution in [3.8, 4) is 11.1 Å². The van der Waals surface area contributed by atoms with Crippen LogP contribution < -0.4 is 0 Å². The van der Waals surface area contributed by atoms with Crippen molar-refractivity contribution in [2.45, 2.75) is 0 Å². The molecule has 112 valence electrons. The minimum Gasteiger partial charge on any atom is -0.289 e. The van der Waals surface area contributed by atoms with Crippen LogP contribution in [-0.4, -0.2) is 11.6 Å². The average Bonchev–Trinajstić information content (AvgIpc) is 2.82. The lowest BCUT2D eigenvalue weighted by atomic mass is 9.84. The molecule has 0 atom stereocenters. The minimum absolute atomic E-state index is 0.0634. The van der Waals surface area contributed by atoms with Gasteiger partial charge in [-0.2, -0.15) is 0 Å². The van der Waals surface area contributed by atoms with Crippen LogP contribution >= 0.6 is 0 Å². The molecule has 5 rings (SSSR count). The van der Waals surface area contributed by atoms with Gasteiger partial charge in [0.25, 0.3) is 0 Å². The van der Waals surface area contributed by atoms with Gasteiger partial charge < -0.3 is 0 Å². The number of carbonyl (C=O) groups is 2. The lowest BCUT2D eigenvalue weighted by molar-refractivity contribution is 0.0981. The lowest BCUT2D eigenvalue weighted by Crippen LogP contribution is -2.19. The van der Waals surface area contributed by atoms with E-state index < -0.39 is 0 Å². The SMILES string of the molecule is O=C1c2cc3ccccc3cc2C(=O)c2c1cc1cccccc2-1. The topological polar surface area (TPSA) is 34.1 Å². The molecule has 2 nitrogen and oxygen atoms in total. The number of hydrogen-bond donors (Lipinski definition) is 0. The van der Waals surface area contributed by atoms with E-state index in [-0.39, 0.29) is 11.6 Å². The summed E-state index contributed by atoms with van der Waals surface area (Å²) >= 11 is 0. The van der Waals surface area contributed by atoms with Crippen LogP contribution in [-0.2, 0) is 0 Å². The maximum Gasteiger partial charge on any atom is 0.195 e. The molecule has 2 heteroatoms. The van der Waals surface area contributed by atoms with Gasteiger partial charge in [0.05, 0.1) is 0 Å². The van der Waals surface area contributed by atoms with Crippen molar-refractivity contribution in [1.29, 1.82) is 0 Å². The van der Waals surface area contributed by atoms with Crippen LogP contribution in [0.2, 0.25) is 0 Å². The van der Waals surface area contributed by atoms with Gasteiger partial charge in [0.1, 0.15) is 0 Å². The van der Waals surface area contributed by atoms with Crippen molar-refractivity contribution in [2.75, 3.05) is 0 Å². The second-order valence-corrected chi connectivity index (χ2v) is 6.12. The van der Waals surface area contributed by atoms with Crippen molar-refractivity contribution < 1.29 is 9.59 Å². The van der Waals surface area contributed by atoms with Gasteiger partial charge in [-0.15, -0.1) is 0 Å². The Morgan fingerprint density at radius 3 is 1.88 bits per heavy atom. The Bertz CT molecular complexity index is 1130. The molecule has 0 heterocycles. The van der Waals surface area contributed by atoms with E-state index in [2.05, 4.69) is 0 Å². The molecule has 3 aliphatic rings. The highest BCUT2D eigenvalue weighted by atomic mass is 16.1. The Kier molecular flexibility index (Phi) is 2.54. The highest BCUT2D eigenvalue weighted by Crippen LogP contribution is 2.39. The second kappa shape index (κ2) is 4.62. The first-order valence-electron chi connectivity index (χ1n) is 7.88. The molecule has 0 aromatic heterocycles. The van der Waals surface area contributed by atoms with Crippen molar-refractivity contribution >= 4 is 22.3 Å². The first kappa shape index (κ1) is 13.2. The zero-order valence-corrected chi connectivity index (χ0v) is 12.7. The first-order valence-corrected chi connectivity index (χ1v) is 7.88. The molecule has 0 spiro atoms. The molecule has 0 bridgehead atoms. The number of rotatable bonds is 0. The molecule has 24 heavy (non-hydrogen) atoms. The molecule has 0 N–H and O–H groups in total. The van der Waals surface area contributed by atoms with E-state index in [4.69, 9.17) is 0 Å². The Morgan fingerprint density at radius 2 is 1.12 bits per heavy atom. The van der Waals surface area contributed by atoms with E-state index in [1.165, 1.54) is 0 Å².